The van der Waals surface area contributed by atoms with Gasteiger partial charge in [-0.3, -0.25) is 9.89 Å². The Bertz CT molecular complexity index is 1020. The number of hydrogen-bond acceptors (Lipinski definition) is 2. The van der Waals surface area contributed by atoms with E-state index in [-0.39, 0.29) is 31.8 Å². The smallest absolute Gasteiger partial charge is 0.339 e. The molecule has 1 amide bonds. The van der Waals surface area contributed by atoms with Gasteiger partial charge >= 0.3 is 6.18 Å². The second kappa shape index (κ2) is 8.14. The predicted molar refractivity (Wildman–Crippen MR) is 109 cm³/mol. The number of rotatable bonds is 3. The monoisotopic (exact) mass is 433 g/mol. The third-order valence-electron chi connectivity index (χ3n) is 5.41. The average Bonchev–Trinajstić information content (AvgIpc) is 3.24. The molecule has 0 unspecified atom stereocenters. The van der Waals surface area contributed by atoms with Crippen LogP contribution >= 0.6 is 11.6 Å². The van der Waals surface area contributed by atoms with Crippen LogP contribution in [0.5, 0.6) is 0 Å². The zero-order valence-corrected chi connectivity index (χ0v) is 16.7. The second-order valence-electron chi connectivity index (χ2n) is 7.36. The number of nitrogens with zero attached hydrogens (tertiary/aromatic N) is 2. The lowest BCUT2D eigenvalue weighted by atomic mass is 9.95. The minimum Gasteiger partial charge on any atom is -0.339 e. The molecule has 1 saturated heterocycles. The van der Waals surface area contributed by atoms with Crippen molar-refractivity contribution in [2.75, 3.05) is 13.1 Å². The van der Waals surface area contributed by atoms with Crippen LogP contribution in [0.1, 0.15) is 23.2 Å². The standard InChI is InChI=1S/C22H19ClF3N3O/c23-18-7-5-15(6-8-18)20-13-19(27-28-20)14-1-3-16(4-2-14)21(30)29-11-9-17(10-12-29)22(24,25)26/h1-8,13,17H,9-12H2,(H,27,28). The van der Waals surface area contributed by atoms with Gasteiger partial charge < -0.3 is 4.90 Å². The molecule has 0 atom stereocenters. The number of aromatic amines is 1. The molecule has 1 aliphatic heterocycles. The van der Waals surface area contributed by atoms with E-state index in [1.165, 1.54) is 4.90 Å². The molecule has 0 saturated carbocycles. The molecular weight excluding hydrogens is 415 g/mol. The summed E-state index contributed by atoms with van der Waals surface area (Å²) in [6.45, 7) is 0.239. The highest BCUT2D eigenvalue weighted by molar-refractivity contribution is 6.30. The lowest BCUT2D eigenvalue weighted by Crippen LogP contribution is -2.42. The minimum absolute atomic E-state index is 0.0476. The molecule has 3 aromatic rings. The van der Waals surface area contributed by atoms with E-state index in [1.807, 2.05) is 18.2 Å². The van der Waals surface area contributed by atoms with Gasteiger partial charge in [0.2, 0.25) is 0 Å². The number of alkyl halides is 3. The van der Waals surface area contributed by atoms with Crippen molar-refractivity contribution in [3.05, 3.63) is 65.2 Å². The summed E-state index contributed by atoms with van der Waals surface area (Å²) in [7, 11) is 0. The topological polar surface area (TPSA) is 49.0 Å². The minimum atomic E-state index is -4.19. The third kappa shape index (κ3) is 4.36. The van der Waals surface area contributed by atoms with Gasteiger partial charge in [-0.05, 0) is 48.7 Å². The number of H-pyrrole nitrogens is 1. The summed E-state index contributed by atoms with van der Waals surface area (Å²) in [6, 6.07) is 16.2. The third-order valence-corrected chi connectivity index (χ3v) is 5.66. The Balaban J connectivity index is 1.43. The Labute approximate surface area is 176 Å². The van der Waals surface area contributed by atoms with Crippen molar-refractivity contribution in [1.29, 1.82) is 0 Å². The number of aromatic nitrogens is 2. The van der Waals surface area contributed by atoms with Gasteiger partial charge in [-0.2, -0.15) is 18.3 Å². The zero-order valence-electron chi connectivity index (χ0n) is 15.9. The van der Waals surface area contributed by atoms with Gasteiger partial charge in [0, 0.05) is 29.2 Å². The van der Waals surface area contributed by atoms with Crippen LogP contribution in [0.3, 0.4) is 0 Å². The molecule has 2 heterocycles. The van der Waals surface area contributed by atoms with Crippen molar-refractivity contribution in [3.63, 3.8) is 0 Å². The van der Waals surface area contributed by atoms with Crippen LogP contribution in [0.25, 0.3) is 22.5 Å². The molecule has 1 aromatic heterocycles. The maximum absolute atomic E-state index is 12.8. The van der Waals surface area contributed by atoms with Crippen molar-refractivity contribution >= 4 is 17.5 Å². The summed E-state index contributed by atoms with van der Waals surface area (Å²) in [5.74, 6) is -1.57. The molecule has 0 radical (unpaired) electrons. The predicted octanol–water partition coefficient (Wildman–Crippen LogP) is 5.81. The number of halogens is 4. The Morgan fingerprint density at radius 2 is 1.60 bits per heavy atom. The first-order valence-corrected chi connectivity index (χ1v) is 9.97. The zero-order chi connectivity index (χ0) is 21.3. The van der Waals surface area contributed by atoms with Crippen LogP contribution in [0.2, 0.25) is 5.02 Å². The maximum Gasteiger partial charge on any atom is 0.391 e. The van der Waals surface area contributed by atoms with E-state index in [2.05, 4.69) is 10.2 Å². The highest BCUT2D eigenvalue weighted by atomic mass is 35.5. The first-order valence-electron chi connectivity index (χ1n) is 9.59. The molecule has 156 valence electrons. The van der Waals surface area contributed by atoms with E-state index < -0.39 is 12.1 Å². The number of likely N-dealkylation sites (tertiary alicyclic amines) is 1. The van der Waals surface area contributed by atoms with Crippen molar-refractivity contribution in [3.8, 4) is 22.5 Å². The molecule has 0 spiro atoms. The van der Waals surface area contributed by atoms with Crippen LogP contribution < -0.4 is 0 Å². The van der Waals surface area contributed by atoms with Crippen molar-refractivity contribution in [2.45, 2.75) is 19.0 Å². The highest BCUT2D eigenvalue weighted by Crippen LogP contribution is 2.34. The van der Waals surface area contributed by atoms with Gasteiger partial charge in [-0.15, -0.1) is 0 Å². The maximum atomic E-state index is 12.8. The Kier molecular flexibility index (Phi) is 5.56. The molecule has 1 aliphatic rings. The first-order chi connectivity index (χ1) is 14.3. The molecule has 0 aliphatic carbocycles. The van der Waals surface area contributed by atoms with Gasteiger partial charge in [-0.1, -0.05) is 35.9 Å². The number of benzene rings is 2. The van der Waals surface area contributed by atoms with Crippen LogP contribution in [-0.4, -0.2) is 40.3 Å². The van der Waals surface area contributed by atoms with E-state index in [1.54, 1.807) is 36.4 Å². The number of amides is 1. The Hall–Kier alpha value is -2.80. The summed E-state index contributed by atoms with van der Waals surface area (Å²) in [6.07, 6.45) is -4.28. The van der Waals surface area contributed by atoms with Crippen LogP contribution in [0.15, 0.2) is 54.6 Å². The molecular formula is C22H19ClF3N3O. The van der Waals surface area contributed by atoms with Gasteiger partial charge in [0.25, 0.3) is 5.91 Å². The number of hydrogen-bond donors (Lipinski definition) is 1. The molecule has 2 aromatic carbocycles. The number of nitrogens with one attached hydrogen (secondary N) is 1. The van der Waals surface area contributed by atoms with Crippen LogP contribution in [0.4, 0.5) is 13.2 Å². The number of carbonyl (C=O) groups is 1. The summed E-state index contributed by atoms with van der Waals surface area (Å²) in [4.78, 5) is 14.1. The number of piperidine rings is 1. The van der Waals surface area contributed by atoms with Gasteiger partial charge in [0.15, 0.2) is 0 Å². The van der Waals surface area contributed by atoms with Gasteiger partial charge in [-0.25, -0.2) is 0 Å². The summed E-state index contributed by atoms with van der Waals surface area (Å²) < 4.78 is 38.4. The molecule has 0 bridgehead atoms. The molecule has 30 heavy (non-hydrogen) atoms. The normalized spacial score (nSPS) is 15.4. The van der Waals surface area contributed by atoms with Crippen molar-refractivity contribution < 1.29 is 18.0 Å². The molecule has 1 fully saturated rings. The fourth-order valence-electron chi connectivity index (χ4n) is 3.62. The van der Waals surface area contributed by atoms with E-state index >= 15 is 0 Å². The lowest BCUT2D eigenvalue weighted by Gasteiger charge is -2.33. The van der Waals surface area contributed by atoms with Gasteiger partial charge in [0.05, 0.1) is 17.3 Å². The highest BCUT2D eigenvalue weighted by Gasteiger charge is 2.41. The quantitative estimate of drug-likeness (QED) is 0.566. The summed E-state index contributed by atoms with van der Waals surface area (Å²) in [5.41, 5.74) is 3.81. The molecule has 1 N–H and O–H groups in total. The van der Waals surface area contributed by atoms with E-state index in [0.717, 1.165) is 22.5 Å². The first kappa shape index (κ1) is 20.5. The van der Waals surface area contributed by atoms with E-state index in [9.17, 15) is 18.0 Å². The van der Waals surface area contributed by atoms with Crippen LogP contribution in [-0.2, 0) is 0 Å². The van der Waals surface area contributed by atoms with Crippen molar-refractivity contribution in [2.24, 2.45) is 5.92 Å². The fourth-order valence-corrected chi connectivity index (χ4v) is 3.75. The molecule has 4 nitrogen and oxygen atoms in total. The van der Waals surface area contributed by atoms with E-state index in [0.29, 0.717) is 10.6 Å². The average molecular weight is 434 g/mol. The van der Waals surface area contributed by atoms with Crippen LogP contribution in [0, 0.1) is 5.92 Å². The van der Waals surface area contributed by atoms with E-state index in [4.69, 9.17) is 11.6 Å². The molecule has 4 rings (SSSR count). The summed E-state index contributed by atoms with van der Waals surface area (Å²) in [5, 5.41) is 7.96. The summed E-state index contributed by atoms with van der Waals surface area (Å²) >= 11 is 5.92. The fraction of sp³-hybridized carbons (Fsp3) is 0.273. The largest absolute Gasteiger partial charge is 0.391 e. The number of carbonyl (C=O) groups excluding carboxylic acids is 1. The second-order valence-corrected chi connectivity index (χ2v) is 7.80. The van der Waals surface area contributed by atoms with Crippen molar-refractivity contribution in [1.82, 2.24) is 15.1 Å². The SMILES string of the molecule is O=C(c1ccc(-c2cc(-c3ccc(Cl)cc3)[nH]n2)cc1)N1CCC(C(F)(F)F)CC1. The Morgan fingerprint density at radius 3 is 2.20 bits per heavy atom. The lowest BCUT2D eigenvalue weighted by molar-refractivity contribution is -0.183. The Morgan fingerprint density at radius 1 is 1.00 bits per heavy atom. The molecule has 8 heteroatoms. The van der Waals surface area contributed by atoms with Gasteiger partial charge in [0.1, 0.15) is 0 Å².